The number of fused-ring (bicyclic) bond motifs is 1. The van der Waals surface area contributed by atoms with Gasteiger partial charge in [0.15, 0.2) is 0 Å². The van der Waals surface area contributed by atoms with Crippen LogP contribution in [0.25, 0.3) is 10.9 Å². The third kappa shape index (κ3) is 4.81. The van der Waals surface area contributed by atoms with E-state index < -0.39 is 8.07 Å². The lowest BCUT2D eigenvalue weighted by molar-refractivity contribution is 0.0901. The van der Waals surface area contributed by atoms with Gasteiger partial charge in [0.2, 0.25) is 0 Å². The van der Waals surface area contributed by atoms with Gasteiger partial charge in [-0.25, -0.2) is 4.98 Å². The highest BCUT2D eigenvalue weighted by atomic mass is 28.3. The number of hydrogen-bond acceptors (Lipinski definition) is 4. The van der Waals surface area contributed by atoms with Gasteiger partial charge in [-0.1, -0.05) is 19.6 Å². The van der Waals surface area contributed by atoms with Crippen molar-refractivity contribution in [3.05, 3.63) is 24.5 Å². The summed E-state index contributed by atoms with van der Waals surface area (Å²) in [5.74, 6) is 0.941. The van der Waals surface area contributed by atoms with Gasteiger partial charge in [0.25, 0.3) is 0 Å². The third-order valence-electron chi connectivity index (χ3n) is 4.46. The van der Waals surface area contributed by atoms with Gasteiger partial charge in [0.1, 0.15) is 12.5 Å². The quantitative estimate of drug-likeness (QED) is 0.609. The molecule has 0 atom stereocenters. The molecule has 0 aromatic carbocycles. The highest BCUT2D eigenvalue weighted by Crippen LogP contribution is 2.20. The molecular weight excluding hydrogens is 318 g/mol. The Bertz CT molecular complexity index is 660. The Balaban J connectivity index is 1.62. The van der Waals surface area contributed by atoms with Crippen LogP contribution in [0.5, 0.6) is 0 Å². The summed E-state index contributed by atoms with van der Waals surface area (Å²) in [6, 6.07) is 5.89. The van der Waals surface area contributed by atoms with E-state index in [0.717, 1.165) is 43.9 Å². The van der Waals surface area contributed by atoms with Crippen molar-refractivity contribution >= 4 is 24.8 Å². The fraction of sp³-hybridized carbons (Fsp3) is 0.611. The molecule has 24 heavy (non-hydrogen) atoms. The Morgan fingerprint density at radius 3 is 2.88 bits per heavy atom. The largest absolute Gasteiger partial charge is 0.381 e. The van der Waals surface area contributed by atoms with Gasteiger partial charge < -0.3 is 19.4 Å². The van der Waals surface area contributed by atoms with Gasteiger partial charge in [-0.15, -0.1) is 0 Å². The van der Waals surface area contributed by atoms with Crippen LogP contribution in [0, 0.1) is 0 Å². The molecule has 1 aliphatic rings. The highest BCUT2D eigenvalue weighted by molar-refractivity contribution is 6.76. The van der Waals surface area contributed by atoms with E-state index in [0.29, 0.717) is 12.8 Å². The lowest BCUT2D eigenvalue weighted by atomic mass is 10.1. The molecule has 0 radical (unpaired) electrons. The maximum Gasteiger partial charge on any atom is 0.128 e. The summed E-state index contributed by atoms with van der Waals surface area (Å²) >= 11 is 0. The summed E-state index contributed by atoms with van der Waals surface area (Å²) in [4.78, 5) is 4.54. The summed E-state index contributed by atoms with van der Waals surface area (Å²) in [7, 11) is -1.03. The number of aromatic nitrogens is 2. The van der Waals surface area contributed by atoms with Crippen LogP contribution in [0.2, 0.25) is 25.7 Å². The first-order chi connectivity index (χ1) is 11.5. The molecule has 6 heteroatoms. The first-order valence-electron chi connectivity index (χ1n) is 8.88. The highest BCUT2D eigenvalue weighted by Gasteiger charge is 2.15. The normalized spacial score (nSPS) is 16.6. The zero-order valence-corrected chi connectivity index (χ0v) is 16.0. The van der Waals surface area contributed by atoms with Gasteiger partial charge in [-0.2, -0.15) is 0 Å². The average Bonchev–Trinajstić information content (AvgIpc) is 2.94. The van der Waals surface area contributed by atoms with E-state index in [2.05, 4.69) is 52.8 Å². The zero-order chi connectivity index (χ0) is 17.0. The van der Waals surface area contributed by atoms with Crippen LogP contribution < -0.4 is 5.32 Å². The van der Waals surface area contributed by atoms with Crippen molar-refractivity contribution in [3.8, 4) is 0 Å². The van der Waals surface area contributed by atoms with Crippen molar-refractivity contribution in [2.45, 2.75) is 51.3 Å². The van der Waals surface area contributed by atoms with Gasteiger partial charge in [0, 0.05) is 57.8 Å². The Labute approximate surface area is 145 Å². The fourth-order valence-electron chi connectivity index (χ4n) is 2.87. The molecule has 1 N–H and O–H groups in total. The Morgan fingerprint density at radius 1 is 1.33 bits per heavy atom. The number of hydrogen-bond donors (Lipinski definition) is 1. The van der Waals surface area contributed by atoms with Crippen LogP contribution in [-0.2, 0) is 16.2 Å². The number of ether oxygens (including phenoxy) is 2. The van der Waals surface area contributed by atoms with E-state index in [-0.39, 0.29) is 0 Å². The molecule has 2 aromatic rings. The van der Waals surface area contributed by atoms with Crippen LogP contribution in [0.4, 0.5) is 5.82 Å². The molecular formula is C18H29N3O2Si. The lowest BCUT2D eigenvalue weighted by Crippen LogP contribution is -2.28. The molecule has 5 nitrogen and oxygen atoms in total. The molecule has 1 aliphatic heterocycles. The van der Waals surface area contributed by atoms with Crippen molar-refractivity contribution < 1.29 is 9.47 Å². The van der Waals surface area contributed by atoms with Crippen molar-refractivity contribution in [3.63, 3.8) is 0 Å². The van der Waals surface area contributed by atoms with Crippen LogP contribution in [0.15, 0.2) is 24.5 Å². The molecule has 3 heterocycles. The standard InChI is InChI=1S/C18H29N3O2Si/c1-24(2,3)11-10-23-14-21-7-4-15-13-19-18(12-17(15)21)20-16-5-8-22-9-6-16/h4,7,12-13,16H,5-6,8-11,14H2,1-3H3,(H,19,20). The monoisotopic (exact) mass is 347 g/mol. The number of rotatable bonds is 7. The molecule has 2 aromatic heterocycles. The van der Waals surface area contributed by atoms with Crippen LogP contribution in [0.1, 0.15) is 12.8 Å². The van der Waals surface area contributed by atoms with Gasteiger partial charge in [-0.05, 0) is 25.0 Å². The number of anilines is 1. The van der Waals surface area contributed by atoms with E-state index in [1.807, 2.05) is 6.20 Å². The molecule has 0 amide bonds. The lowest BCUT2D eigenvalue weighted by Gasteiger charge is -2.23. The maximum absolute atomic E-state index is 5.89. The molecule has 0 spiro atoms. The minimum atomic E-state index is -1.03. The summed E-state index contributed by atoms with van der Waals surface area (Å²) in [5.41, 5.74) is 1.17. The SMILES string of the molecule is C[Si](C)(C)CCOCn1ccc2cnc(NC3CCOCC3)cc21. The predicted molar refractivity (Wildman–Crippen MR) is 101 cm³/mol. The molecule has 1 fully saturated rings. The minimum absolute atomic E-state index is 0.458. The Hall–Kier alpha value is -1.37. The maximum atomic E-state index is 5.89. The van der Waals surface area contributed by atoms with E-state index in [1.165, 1.54) is 11.6 Å². The molecule has 132 valence electrons. The molecule has 0 aliphatic carbocycles. The van der Waals surface area contributed by atoms with Crippen LogP contribution in [-0.4, -0.2) is 43.5 Å². The van der Waals surface area contributed by atoms with Gasteiger partial charge in [-0.3, -0.25) is 0 Å². The first kappa shape index (κ1) is 17.4. The molecule has 3 rings (SSSR count). The van der Waals surface area contributed by atoms with E-state index in [9.17, 15) is 0 Å². The second kappa shape index (κ2) is 7.67. The van der Waals surface area contributed by atoms with E-state index in [4.69, 9.17) is 9.47 Å². The first-order valence-corrected chi connectivity index (χ1v) is 12.6. The third-order valence-corrected chi connectivity index (χ3v) is 6.16. The Morgan fingerprint density at radius 2 is 2.12 bits per heavy atom. The van der Waals surface area contributed by atoms with Crippen LogP contribution >= 0.6 is 0 Å². The van der Waals surface area contributed by atoms with Crippen molar-refractivity contribution in [1.82, 2.24) is 9.55 Å². The summed E-state index contributed by atoms with van der Waals surface area (Å²) in [6.45, 7) is 10.2. The van der Waals surface area contributed by atoms with E-state index in [1.54, 1.807) is 0 Å². The van der Waals surface area contributed by atoms with Crippen molar-refractivity contribution in [1.29, 1.82) is 0 Å². The summed E-state index contributed by atoms with van der Waals surface area (Å²) < 4.78 is 13.5. The van der Waals surface area contributed by atoms with Crippen molar-refractivity contribution in [2.75, 3.05) is 25.1 Å². The zero-order valence-electron chi connectivity index (χ0n) is 15.0. The smallest absolute Gasteiger partial charge is 0.128 e. The van der Waals surface area contributed by atoms with Gasteiger partial charge in [0.05, 0.1) is 5.52 Å². The Kier molecular flexibility index (Phi) is 5.58. The second-order valence-corrected chi connectivity index (χ2v) is 13.4. The molecule has 0 saturated carbocycles. The number of nitrogens with zero attached hydrogens (tertiary/aromatic N) is 2. The summed E-state index contributed by atoms with van der Waals surface area (Å²) in [5, 5.41) is 4.69. The molecule has 0 unspecified atom stereocenters. The fourth-order valence-corrected chi connectivity index (χ4v) is 3.62. The molecule has 0 bridgehead atoms. The van der Waals surface area contributed by atoms with E-state index >= 15 is 0 Å². The topological polar surface area (TPSA) is 48.3 Å². The number of pyridine rings is 1. The molecule has 1 saturated heterocycles. The minimum Gasteiger partial charge on any atom is -0.381 e. The number of nitrogens with one attached hydrogen (secondary N) is 1. The summed E-state index contributed by atoms with van der Waals surface area (Å²) in [6.07, 6.45) is 6.11. The second-order valence-electron chi connectivity index (χ2n) is 7.79. The van der Waals surface area contributed by atoms with Crippen molar-refractivity contribution in [2.24, 2.45) is 0 Å². The van der Waals surface area contributed by atoms with Gasteiger partial charge >= 0.3 is 0 Å². The average molecular weight is 348 g/mol. The van der Waals surface area contributed by atoms with Crippen LogP contribution in [0.3, 0.4) is 0 Å². The predicted octanol–water partition coefficient (Wildman–Crippen LogP) is 3.94.